The molecule has 2 N–H and O–H groups in total. The minimum Gasteiger partial charge on any atom is -0.441 e. The molecule has 1 saturated heterocycles. The van der Waals surface area contributed by atoms with Crippen molar-refractivity contribution < 1.29 is 14.3 Å². The minimum absolute atomic E-state index is 0.0820. The molecular formula is C19H17N3O3. The van der Waals surface area contributed by atoms with Crippen molar-refractivity contribution in [3.63, 3.8) is 0 Å². The van der Waals surface area contributed by atoms with Crippen LogP contribution in [0.15, 0.2) is 54.2 Å². The first-order chi connectivity index (χ1) is 12.0. The van der Waals surface area contributed by atoms with Gasteiger partial charge in [-0.1, -0.05) is 17.7 Å². The second-order valence-corrected chi connectivity index (χ2v) is 6.32. The Hall–Kier alpha value is -3.15. The number of imide groups is 1. The lowest BCUT2D eigenvalue weighted by Gasteiger charge is -2.36. The molecule has 1 unspecified atom stereocenters. The molecule has 0 saturated carbocycles. The Kier molecular flexibility index (Phi) is 3.53. The average Bonchev–Trinajstić information content (AvgIpc) is 2.60. The predicted molar refractivity (Wildman–Crippen MR) is 90.2 cm³/mol. The second kappa shape index (κ2) is 5.73. The summed E-state index contributed by atoms with van der Waals surface area (Å²) >= 11 is 0. The van der Waals surface area contributed by atoms with Gasteiger partial charge in [-0.3, -0.25) is 19.5 Å². The zero-order chi connectivity index (χ0) is 17.6. The number of nitrogens with zero attached hydrogens (tertiary/aromatic N) is 2. The first-order valence-electron chi connectivity index (χ1n) is 8.06. The predicted octanol–water partition coefficient (Wildman–Crippen LogP) is 2.00. The van der Waals surface area contributed by atoms with Gasteiger partial charge in [0.2, 0.25) is 5.91 Å². The van der Waals surface area contributed by atoms with Gasteiger partial charge in [-0.05, 0) is 30.7 Å². The van der Waals surface area contributed by atoms with Crippen molar-refractivity contribution in [3.05, 3.63) is 70.9 Å². The maximum absolute atomic E-state index is 13.0. The highest BCUT2D eigenvalue weighted by Crippen LogP contribution is 2.43. The van der Waals surface area contributed by atoms with Crippen LogP contribution in [-0.2, 0) is 16.1 Å². The first kappa shape index (κ1) is 15.4. The van der Waals surface area contributed by atoms with Crippen molar-refractivity contribution in [1.82, 2.24) is 9.88 Å². The highest BCUT2D eigenvalue weighted by molar-refractivity contribution is 6.09. The van der Waals surface area contributed by atoms with Crippen LogP contribution in [0, 0.1) is 6.92 Å². The van der Waals surface area contributed by atoms with Gasteiger partial charge in [-0.2, -0.15) is 0 Å². The maximum Gasteiger partial charge on any atom is 0.262 e. The molecule has 4 rings (SSSR count). The number of pyridine rings is 1. The van der Waals surface area contributed by atoms with Crippen LogP contribution in [0.4, 0.5) is 0 Å². The van der Waals surface area contributed by atoms with Crippen LogP contribution >= 0.6 is 0 Å². The summed E-state index contributed by atoms with van der Waals surface area (Å²) in [7, 11) is 0. The van der Waals surface area contributed by atoms with E-state index >= 15 is 0 Å². The van der Waals surface area contributed by atoms with E-state index in [1.807, 2.05) is 25.1 Å². The monoisotopic (exact) mass is 335 g/mol. The van der Waals surface area contributed by atoms with Gasteiger partial charge in [0.25, 0.3) is 5.91 Å². The van der Waals surface area contributed by atoms with Crippen LogP contribution in [0.5, 0.6) is 5.75 Å². The van der Waals surface area contributed by atoms with Crippen molar-refractivity contribution in [2.45, 2.75) is 25.8 Å². The van der Waals surface area contributed by atoms with E-state index in [9.17, 15) is 9.59 Å². The summed E-state index contributed by atoms with van der Waals surface area (Å²) in [5.74, 6) is -0.253. The lowest BCUT2D eigenvalue weighted by Crippen LogP contribution is -2.46. The molecule has 126 valence electrons. The van der Waals surface area contributed by atoms with Crippen molar-refractivity contribution in [3.8, 4) is 5.75 Å². The van der Waals surface area contributed by atoms with Gasteiger partial charge in [0, 0.05) is 30.3 Å². The molecule has 0 radical (unpaired) electrons. The molecule has 3 heterocycles. The van der Waals surface area contributed by atoms with E-state index in [1.165, 1.54) is 4.90 Å². The van der Waals surface area contributed by atoms with E-state index in [-0.39, 0.29) is 36.6 Å². The van der Waals surface area contributed by atoms with Crippen molar-refractivity contribution in [2.24, 2.45) is 5.73 Å². The van der Waals surface area contributed by atoms with E-state index in [1.54, 1.807) is 24.5 Å². The highest BCUT2D eigenvalue weighted by Gasteiger charge is 2.43. The number of piperidine rings is 1. The number of ether oxygens (including phenoxy) is 1. The van der Waals surface area contributed by atoms with Gasteiger partial charge >= 0.3 is 0 Å². The summed E-state index contributed by atoms with van der Waals surface area (Å²) in [5, 5.41) is 0. The molecule has 1 aromatic heterocycles. The first-order valence-corrected chi connectivity index (χ1v) is 8.06. The molecule has 2 aliphatic rings. The summed E-state index contributed by atoms with van der Waals surface area (Å²) in [6.07, 6.45) is 3.47. The Balaban J connectivity index is 1.71. The fourth-order valence-corrected chi connectivity index (χ4v) is 3.37. The van der Waals surface area contributed by atoms with Crippen LogP contribution in [0.2, 0.25) is 0 Å². The van der Waals surface area contributed by atoms with Gasteiger partial charge in [-0.25, -0.2) is 0 Å². The standard InChI is InChI=1S/C19H17N3O3/c1-11-2-3-15-13(8-11)14-9-16(23)22(10-12-4-6-21-7-5-12)19(24)17(14)18(20)25-15/h2-8,14H,9-10,20H2,1H3. The number of benzene rings is 1. The van der Waals surface area contributed by atoms with Crippen molar-refractivity contribution >= 4 is 11.8 Å². The Morgan fingerprint density at radius 3 is 2.76 bits per heavy atom. The average molecular weight is 335 g/mol. The number of aromatic nitrogens is 1. The maximum atomic E-state index is 13.0. The number of likely N-dealkylation sites (tertiary alicyclic amines) is 1. The molecule has 1 fully saturated rings. The van der Waals surface area contributed by atoms with Crippen LogP contribution in [0.25, 0.3) is 0 Å². The van der Waals surface area contributed by atoms with Gasteiger partial charge in [0.1, 0.15) is 5.75 Å². The van der Waals surface area contributed by atoms with Crippen LogP contribution < -0.4 is 10.5 Å². The lowest BCUT2D eigenvalue weighted by atomic mass is 9.82. The molecule has 6 nitrogen and oxygen atoms in total. The molecule has 1 atom stereocenters. The van der Waals surface area contributed by atoms with E-state index in [4.69, 9.17) is 10.5 Å². The quantitative estimate of drug-likeness (QED) is 0.849. The summed E-state index contributed by atoms with van der Waals surface area (Å²) in [6.45, 7) is 2.16. The van der Waals surface area contributed by atoms with Crippen LogP contribution in [-0.4, -0.2) is 21.7 Å². The third-order valence-electron chi connectivity index (χ3n) is 4.62. The molecule has 25 heavy (non-hydrogen) atoms. The summed E-state index contributed by atoms with van der Waals surface area (Å²) in [6, 6.07) is 9.25. The molecular weight excluding hydrogens is 318 g/mol. The summed E-state index contributed by atoms with van der Waals surface area (Å²) in [4.78, 5) is 30.8. The highest BCUT2D eigenvalue weighted by atomic mass is 16.5. The molecule has 0 aliphatic carbocycles. The molecule has 1 aromatic carbocycles. The number of carbonyl (C=O) groups excluding carboxylic acids is 2. The number of hydrogen-bond donors (Lipinski definition) is 1. The Bertz CT molecular complexity index is 905. The number of nitrogens with two attached hydrogens (primary N) is 1. The SMILES string of the molecule is Cc1ccc2c(c1)C1CC(=O)N(Cc3ccncc3)C(=O)C1=C(N)O2. The summed E-state index contributed by atoms with van der Waals surface area (Å²) < 4.78 is 5.65. The smallest absolute Gasteiger partial charge is 0.262 e. The molecule has 2 aromatic rings. The van der Waals surface area contributed by atoms with E-state index in [0.29, 0.717) is 11.3 Å². The Labute approximate surface area is 144 Å². The number of carbonyl (C=O) groups is 2. The Morgan fingerprint density at radius 2 is 2.00 bits per heavy atom. The minimum atomic E-state index is -0.386. The number of fused-ring (bicyclic) bond motifs is 3. The molecule has 6 heteroatoms. The fourth-order valence-electron chi connectivity index (χ4n) is 3.37. The lowest BCUT2D eigenvalue weighted by molar-refractivity contribution is -0.146. The third-order valence-corrected chi connectivity index (χ3v) is 4.62. The van der Waals surface area contributed by atoms with Crippen molar-refractivity contribution in [2.75, 3.05) is 0 Å². The topological polar surface area (TPSA) is 85.5 Å². The zero-order valence-corrected chi connectivity index (χ0v) is 13.7. The van der Waals surface area contributed by atoms with Gasteiger partial charge in [-0.15, -0.1) is 0 Å². The van der Waals surface area contributed by atoms with E-state index in [2.05, 4.69) is 4.98 Å². The molecule has 0 spiro atoms. The number of rotatable bonds is 2. The molecule has 2 amide bonds. The van der Waals surface area contributed by atoms with E-state index < -0.39 is 0 Å². The zero-order valence-electron chi connectivity index (χ0n) is 13.7. The summed E-state index contributed by atoms with van der Waals surface area (Å²) in [5.41, 5.74) is 9.11. The van der Waals surface area contributed by atoms with Crippen LogP contribution in [0.1, 0.15) is 29.0 Å². The van der Waals surface area contributed by atoms with Crippen LogP contribution in [0.3, 0.4) is 0 Å². The fraction of sp³-hybridized carbons (Fsp3) is 0.211. The Morgan fingerprint density at radius 1 is 1.24 bits per heavy atom. The van der Waals surface area contributed by atoms with Gasteiger partial charge < -0.3 is 10.5 Å². The normalized spacial score (nSPS) is 19.4. The molecule has 0 bridgehead atoms. The molecule has 2 aliphatic heterocycles. The number of aryl methyl sites for hydroxylation is 1. The number of amides is 2. The van der Waals surface area contributed by atoms with Gasteiger partial charge in [0.05, 0.1) is 12.1 Å². The van der Waals surface area contributed by atoms with E-state index in [0.717, 1.165) is 16.7 Å². The second-order valence-electron chi connectivity index (χ2n) is 6.32. The van der Waals surface area contributed by atoms with Gasteiger partial charge in [0.15, 0.2) is 5.88 Å². The number of hydrogen-bond acceptors (Lipinski definition) is 5. The largest absolute Gasteiger partial charge is 0.441 e. The van der Waals surface area contributed by atoms with Crippen molar-refractivity contribution in [1.29, 1.82) is 0 Å². The third kappa shape index (κ3) is 2.55.